The van der Waals surface area contributed by atoms with Crippen LogP contribution in [0.1, 0.15) is 27.2 Å². The van der Waals surface area contributed by atoms with Gasteiger partial charge in [0.2, 0.25) is 0 Å². The molecule has 20 heavy (non-hydrogen) atoms. The summed E-state index contributed by atoms with van der Waals surface area (Å²) in [4.78, 5) is 16.4. The molecule has 1 amide bonds. The van der Waals surface area contributed by atoms with Gasteiger partial charge in [0, 0.05) is 24.1 Å². The van der Waals surface area contributed by atoms with Gasteiger partial charge in [0.05, 0.1) is 5.56 Å². The van der Waals surface area contributed by atoms with Gasteiger partial charge in [-0.05, 0) is 55.3 Å². The number of rotatable bonds is 2. The Bertz CT molecular complexity index is 652. The molecule has 0 fully saturated rings. The Morgan fingerprint density at radius 1 is 1.30 bits per heavy atom. The van der Waals surface area contributed by atoms with E-state index < -0.39 is 0 Å². The Labute approximate surface area is 118 Å². The number of anilines is 1. The average molecular weight is 267 g/mol. The van der Waals surface area contributed by atoms with E-state index in [1.807, 2.05) is 19.1 Å². The topological polar surface area (TPSA) is 54.0 Å². The number of aryl methyl sites for hydroxylation is 1. The fourth-order valence-electron chi connectivity index (χ4n) is 2.48. The number of fused-ring (bicyclic) bond motifs is 1. The van der Waals surface area contributed by atoms with E-state index in [4.69, 9.17) is 0 Å². The zero-order valence-electron chi connectivity index (χ0n) is 11.4. The first kappa shape index (κ1) is 12.8. The van der Waals surface area contributed by atoms with Crippen LogP contribution in [0.3, 0.4) is 0 Å². The van der Waals surface area contributed by atoms with Crippen molar-refractivity contribution in [3.63, 3.8) is 0 Å². The molecule has 0 unspecified atom stereocenters. The highest BCUT2D eigenvalue weighted by Gasteiger charge is 2.12. The van der Waals surface area contributed by atoms with Crippen LogP contribution in [-0.4, -0.2) is 17.4 Å². The Balaban J connectivity index is 1.81. The van der Waals surface area contributed by atoms with E-state index >= 15 is 0 Å². The van der Waals surface area contributed by atoms with Gasteiger partial charge in [-0.25, -0.2) is 0 Å². The summed E-state index contributed by atoms with van der Waals surface area (Å²) in [6, 6.07) is 9.68. The van der Waals surface area contributed by atoms with Crippen LogP contribution in [0.5, 0.6) is 0 Å². The maximum absolute atomic E-state index is 12.2. The zero-order chi connectivity index (χ0) is 13.9. The quantitative estimate of drug-likeness (QED) is 0.877. The monoisotopic (exact) mass is 267 g/mol. The van der Waals surface area contributed by atoms with Crippen molar-refractivity contribution >= 4 is 11.6 Å². The number of hydrogen-bond donors (Lipinski definition) is 2. The molecule has 0 spiro atoms. The smallest absolute Gasteiger partial charge is 0.257 e. The molecule has 2 N–H and O–H groups in total. The van der Waals surface area contributed by atoms with Crippen molar-refractivity contribution in [2.45, 2.75) is 19.9 Å². The van der Waals surface area contributed by atoms with E-state index in [9.17, 15) is 4.79 Å². The lowest BCUT2D eigenvalue weighted by atomic mass is 10.0. The molecule has 1 aliphatic heterocycles. The van der Waals surface area contributed by atoms with Gasteiger partial charge in [0.15, 0.2) is 0 Å². The fraction of sp³-hybridized carbons (Fsp3) is 0.250. The lowest BCUT2D eigenvalue weighted by Crippen LogP contribution is -2.23. The van der Waals surface area contributed by atoms with Crippen molar-refractivity contribution in [3.05, 3.63) is 58.9 Å². The normalized spacial score (nSPS) is 13.7. The third-order valence-electron chi connectivity index (χ3n) is 3.60. The maximum atomic E-state index is 12.2. The van der Waals surface area contributed by atoms with Gasteiger partial charge in [-0.3, -0.25) is 9.78 Å². The summed E-state index contributed by atoms with van der Waals surface area (Å²) in [5.41, 5.74) is 4.81. The first-order valence-electron chi connectivity index (χ1n) is 6.79. The van der Waals surface area contributed by atoms with Gasteiger partial charge in [0.25, 0.3) is 5.91 Å². The Morgan fingerprint density at radius 3 is 3.05 bits per heavy atom. The van der Waals surface area contributed by atoms with Gasteiger partial charge in [-0.2, -0.15) is 0 Å². The first-order chi connectivity index (χ1) is 9.74. The molecule has 102 valence electrons. The molecule has 3 rings (SSSR count). The number of aromatic nitrogens is 1. The molecule has 2 heterocycles. The number of carbonyl (C=O) groups is 1. The minimum absolute atomic E-state index is 0.112. The summed E-state index contributed by atoms with van der Waals surface area (Å²) in [7, 11) is 0. The number of benzene rings is 1. The number of amides is 1. The van der Waals surface area contributed by atoms with E-state index in [2.05, 4.69) is 21.7 Å². The molecule has 0 aliphatic carbocycles. The molecule has 1 aromatic heterocycles. The molecule has 4 heteroatoms. The second kappa shape index (κ2) is 5.43. The second-order valence-corrected chi connectivity index (χ2v) is 5.00. The number of nitrogens with one attached hydrogen (secondary N) is 2. The average Bonchev–Trinajstić information content (AvgIpc) is 2.47. The number of nitrogens with zero attached hydrogens (tertiary/aromatic N) is 1. The highest BCUT2D eigenvalue weighted by molar-refractivity contribution is 6.05. The van der Waals surface area contributed by atoms with E-state index in [1.54, 1.807) is 18.3 Å². The fourth-order valence-corrected chi connectivity index (χ4v) is 2.48. The van der Waals surface area contributed by atoms with Crippen LogP contribution in [0.2, 0.25) is 0 Å². The van der Waals surface area contributed by atoms with Gasteiger partial charge in [-0.15, -0.1) is 0 Å². The molecule has 1 aliphatic rings. The zero-order valence-corrected chi connectivity index (χ0v) is 11.4. The van der Waals surface area contributed by atoms with Crippen molar-refractivity contribution in [1.29, 1.82) is 0 Å². The van der Waals surface area contributed by atoms with Crippen molar-refractivity contribution in [1.82, 2.24) is 10.3 Å². The van der Waals surface area contributed by atoms with Crippen molar-refractivity contribution in [2.24, 2.45) is 0 Å². The number of carbonyl (C=O) groups excluding carboxylic acids is 1. The molecular weight excluding hydrogens is 250 g/mol. The van der Waals surface area contributed by atoms with Gasteiger partial charge in [-0.1, -0.05) is 6.07 Å². The van der Waals surface area contributed by atoms with Crippen LogP contribution < -0.4 is 10.6 Å². The maximum Gasteiger partial charge on any atom is 0.257 e. The Morgan fingerprint density at radius 2 is 2.20 bits per heavy atom. The van der Waals surface area contributed by atoms with Crippen molar-refractivity contribution in [3.8, 4) is 0 Å². The third kappa shape index (κ3) is 2.56. The van der Waals surface area contributed by atoms with Gasteiger partial charge >= 0.3 is 0 Å². The van der Waals surface area contributed by atoms with Gasteiger partial charge in [0.1, 0.15) is 0 Å². The van der Waals surface area contributed by atoms with Gasteiger partial charge < -0.3 is 10.6 Å². The molecule has 0 saturated carbocycles. The summed E-state index contributed by atoms with van der Waals surface area (Å²) in [5, 5.41) is 6.28. The lowest BCUT2D eigenvalue weighted by Gasteiger charge is -2.18. The molecule has 0 radical (unpaired) electrons. The van der Waals surface area contributed by atoms with Crippen LogP contribution in [0, 0.1) is 6.92 Å². The predicted molar refractivity (Wildman–Crippen MR) is 78.8 cm³/mol. The standard InChI is InChI=1S/C16H17N3O/c1-11-15(3-2-7-18-11)16(20)19-14-5-4-12-6-8-17-10-13(12)9-14/h2-5,7,9,17H,6,8,10H2,1H3,(H,19,20). The number of hydrogen-bond acceptors (Lipinski definition) is 3. The largest absolute Gasteiger partial charge is 0.322 e. The van der Waals surface area contributed by atoms with Crippen molar-refractivity contribution < 1.29 is 4.79 Å². The highest BCUT2D eigenvalue weighted by atomic mass is 16.1. The molecule has 4 nitrogen and oxygen atoms in total. The molecule has 0 saturated heterocycles. The van der Waals surface area contributed by atoms with Crippen LogP contribution in [0.4, 0.5) is 5.69 Å². The molecular formula is C16H17N3O. The Kier molecular flexibility index (Phi) is 3.48. The third-order valence-corrected chi connectivity index (χ3v) is 3.60. The molecule has 2 aromatic rings. The van der Waals surface area contributed by atoms with Crippen molar-refractivity contribution in [2.75, 3.05) is 11.9 Å². The predicted octanol–water partition coefficient (Wildman–Crippen LogP) is 2.29. The summed E-state index contributed by atoms with van der Waals surface area (Å²) in [6.45, 7) is 3.73. The highest BCUT2D eigenvalue weighted by Crippen LogP contribution is 2.19. The van der Waals surface area contributed by atoms with E-state index in [1.165, 1.54) is 11.1 Å². The molecule has 1 aromatic carbocycles. The summed E-state index contributed by atoms with van der Waals surface area (Å²) < 4.78 is 0. The first-order valence-corrected chi connectivity index (χ1v) is 6.79. The number of pyridine rings is 1. The Hall–Kier alpha value is -2.20. The summed E-state index contributed by atoms with van der Waals surface area (Å²) in [6.07, 6.45) is 2.74. The molecule has 0 atom stereocenters. The van der Waals surface area contributed by atoms with Crippen LogP contribution in [-0.2, 0) is 13.0 Å². The van der Waals surface area contributed by atoms with E-state index in [0.29, 0.717) is 5.56 Å². The summed E-state index contributed by atoms with van der Waals surface area (Å²) >= 11 is 0. The van der Waals surface area contributed by atoms with E-state index in [0.717, 1.165) is 30.9 Å². The second-order valence-electron chi connectivity index (χ2n) is 5.00. The van der Waals surface area contributed by atoms with Crippen LogP contribution in [0.15, 0.2) is 36.5 Å². The SMILES string of the molecule is Cc1ncccc1C(=O)Nc1ccc2c(c1)CNCC2. The van der Waals surface area contributed by atoms with Crippen LogP contribution in [0.25, 0.3) is 0 Å². The van der Waals surface area contributed by atoms with E-state index in [-0.39, 0.29) is 5.91 Å². The minimum Gasteiger partial charge on any atom is -0.322 e. The minimum atomic E-state index is -0.112. The lowest BCUT2D eigenvalue weighted by molar-refractivity contribution is 0.102. The summed E-state index contributed by atoms with van der Waals surface area (Å²) in [5.74, 6) is -0.112. The molecule has 0 bridgehead atoms. The van der Waals surface area contributed by atoms with Crippen LogP contribution >= 0.6 is 0 Å².